The molecule has 0 aliphatic carbocycles. The third-order valence-corrected chi connectivity index (χ3v) is 14.6. The van der Waals surface area contributed by atoms with Gasteiger partial charge in [-0.1, -0.05) is 109 Å². The van der Waals surface area contributed by atoms with E-state index >= 15 is 0 Å². The van der Waals surface area contributed by atoms with Gasteiger partial charge < -0.3 is 59.6 Å². The first-order valence-corrected chi connectivity index (χ1v) is 25.9. The van der Waals surface area contributed by atoms with Gasteiger partial charge in [-0.25, -0.2) is 24.2 Å². The number of para-hydroxylation sites is 1. The van der Waals surface area contributed by atoms with Gasteiger partial charge in [-0.2, -0.15) is 0 Å². The third kappa shape index (κ3) is 10.5. The van der Waals surface area contributed by atoms with Crippen molar-refractivity contribution in [3.05, 3.63) is 175 Å². The predicted octanol–water partition coefficient (Wildman–Crippen LogP) is 11.7. The molecule has 0 unspecified atom stereocenters. The minimum absolute atomic E-state index is 0. The van der Waals surface area contributed by atoms with Gasteiger partial charge in [-0.15, -0.1) is 0 Å². The molecule has 24 heteroatoms. The van der Waals surface area contributed by atoms with Crippen LogP contribution in [0.5, 0.6) is 23.0 Å². The summed E-state index contributed by atoms with van der Waals surface area (Å²) in [6, 6.07) is 32.1. The van der Waals surface area contributed by atoms with E-state index in [1.54, 1.807) is 6.07 Å². The second kappa shape index (κ2) is 21.4. The summed E-state index contributed by atoms with van der Waals surface area (Å²) >= 11 is 22.0. The number of carboxylic acids is 4. The monoisotopic (exact) mass is 1220 g/mol. The van der Waals surface area contributed by atoms with Gasteiger partial charge in [0.05, 0.1) is 55.2 Å². The average molecular weight is 1220 g/mol. The van der Waals surface area contributed by atoms with E-state index in [0.29, 0.717) is 50.6 Å². The summed E-state index contributed by atoms with van der Waals surface area (Å²) in [6.45, 7) is 5.75. The first-order chi connectivity index (χ1) is 39.2. The van der Waals surface area contributed by atoms with Crippen LogP contribution in [0, 0.1) is 0 Å². The van der Waals surface area contributed by atoms with E-state index < -0.39 is 23.9 Å². The van der Waals surface area contributed by atoms with Crippen molar-refractivity contribution in [3.63, 3.8) is 0 Å². The first kappa shape index (κ1) is 55.4. The van der Waals surface area contributed by atoms with E-state index in [4.69, 9.17) is 89.1 Å². The molecule has 83 heavy (non-hydrogen) atoms. The number of fused-ring (bicyclic) bond motifs is 20. The fraction of sp³-hybridized carbons (Fsp3) is 0.102. The number of halogens is 3. The van der Waals surface area contributed by atoms with Crippen LogP contribution in [0.15, 0.2) is 121 Å². The number of carboxylic acid groups (broad SMARTS) is 4. The summed E-state index contributed by atoms with van der Waals surface area (Å²) in [5.74, 6) is -5.03. The summed E-state index contributed by atoms with van der Waals surface area (Å²) in [4.78, 5) is 79.2. The van der Waals surface area contributed by atoms with E-state index in [2.05, 4.69) is 32.9 Å². The molecule has 0 saturated carbocycles. The van der Waals surface area contributed by atoms with Crippen molar-refractivity contribution in [2.75, 3.05) is 0 Å². The van der Waals surface area contributed by atoms with Crippen LogP contribution in [-0.4, -0.2) is 74.4 Å². The number of nitrogens with zero attached hydrogens (tertiary/aromatic N) is 9. The van der Waals surface area contributed by atoms with Crippen LogP contribution >= 0.6 is 34.8 Å². The predicted molar refractivity (Wildman–Crippen MR) is 300 cm³/mol. The Labute approximate surface area is 493 Å². The summed E-state index contributed by atoms with van der Waals surface area (Å²) in [5.41, 5.74) is 3.40. The zero-order chi connectivity index (χ0) is 57.5. The maximum Gasteiger partial charge on any atom is 2.00 e. The topological polar surface area (TPSA) is 286 Å². The third-order valence-electron chi connectivity index (χ3n) is 13.4. The molecule has 2 aliphatic heterocycles. The van der Waals surface area contributed by atoms with Crippen LogP contribution in [0.4, 0.5) is 0 Å². The average Bonchev–Trinajstić information content (AvgIpc) is 3.04. The number of benzene rings is 7. The molecule has 4 N–H and O–H groups in total. The van der Waals surface area contributed by atoms with Crippen molar-refractivity contribution in [2.24, 2.45) is 0 Å². The Bertz CT molecular complexity index is 4480. The summed E-state index contributed by atoms with van der Waals surface area (Å²) in [7, 11) is 0. The molecule has 0 spiro atoms. The van der Waals surface area contributed by atoms with Crippen molar-refractivity contribution in [2.45, 2.75) is 39.4 Å². The number of carbonyl (C=O) groups is 4. The molecular weight excluding hydrogens is 1180 g/mol. The molecule has 20 nitrogen and oxygen atoms in total. The SMILES string of the molecule is CC(C)(C)c1ccc2c3nc4nc(nc5[n-]c(n[n+]6nc(nc([n-]3)c2c1)-c1ccccc1-6)c1c(Cl)c(Oc2cc(COc3cc(C(=O)O)cc(C(=O)O)c3)cc(COc3cc(C(=O)O)cc(C(=O)O)c3)c2)c(Cl)c(Cl)c51)-c1ccccc1-4.[Cu+2]. The van der Waals surface area contributed by atoms with Crippen molar-refractivity contribution in [1.82, 2.24) is 40.1 Å². The van der Waals surface area contributed by atoms with Crippen molar-refractivity contribution < 1.29 is 75.7 Å². The van der Waals surface area contributed by atoms with Gasteiger partial charge in [-0.05, 0) is 99.6 Å². The quantitative estimate of drug-likeness (QED) is 0.0502. The normalized spacial score (nSPS) is 11.6. The standard InChI is InChI=1S/C59H38Cl3N9O11.Cu/c1-59(2,3)32-12-13-38-40(23-32)51-65-50(38)64-48-36-8-4-5-9-37(36)49(63-48)67-53-42-43(54(68-53)70-71-41-11-7-6-10-39(41)52(66-51)69-71)45(61)47(46(62)44(42)60)82-35-15-26(24-80-33-19-28(55(72)73)17-29(20-33)56(74)75)14-27(16-35)25-81-34-21-30(57(76)77)18-31(22-34)58(78)79;/h4-23H,24-25H2,1-3H3,(H5,63,64,65,66,67,68,69,70,72,73,74,75,76,77,78,79);/q;+2/p-1. The summed E-state index contributed by atoms with van der Waals surface area (Å²) < 4.78 is 18.5. The first-order valence-electron chi connectivity index (χ1n) is 24.7. The van der Waals surface area contributed by atoms with Gasteiger partial charge in [0, 0.05) is 54.8 Å². The molecule has 12 rings (SSSR count). The van der Waals surface area contributed by atoms with Crippen molar-refractivity contribution >= 4 is 103 Å². The van der Waals surface area contributed by atoms with Crippen molar-refractivity contribution in [3.8, 4) is 62.8 Å². The molecule has 415 valence electrons. The fourth-order valence-corrected chi connectivity index (χ4v) is 10.3. The van der Waals surface area contributed by atoms with Crippen LogP contribution in [0.3, 0.4) is 0 Å². The minimum atomic E-state index is -1.39. The number of hydrogen-bond acceptors (Lipinski definition) is 13. The zero-order valence-corrected chi connectivity index (χ0v) is 46.3. The van der Waals surface area contributed by atoms with Gasteiger partial charge in [0.15, 0.2) is 11.6 Å². The van der Waals surface area contributed by atoms with E-state index in [1.807, 2.05) is 54.6 Å². The van der Waals surface area contributed by atoms with Crippen molar-refractivity contribution in [1.29, 1.82) is 0 Å². The molecule has 2 aliphatic rings. The van der Waals surface area contributed by atoms with E-state index in [0.717, 1.165) is 52.7 Å². The summed E-state index contributed by atoms with van der Waals surface area (Å²) in [6.07, 6.45) is 0. The second-order valence-corrected chi connectivity index (χ2v) is 21.0. The molecular formula is C59H37Cl3CuN9O11+. The second-order valence-electron chi connectivity index (χ2n) is 19.9. The number of ether oxygens (including phenoxy) is 3. The van der Waals surface area contributed by atoms with E-state index in [-0.39, 0.29) is 130 Å². The largest absolute Gasteiger partial charge is 2.00 e. The zero-order valence-electron chi connectivity index (χ0n) is 43.1. The van der Waals surface area contributed by atoms with E-state index in [9.17, 15) is 39.6 Å². The molecule has 3 aromatic heterocycles. The molecule has 0 saturated heterocycles. The van der Waals surface area contributed by atoms with Gasteiger partial charge in [0.1, 0.15) is 35.5 Å². The van der Waals surface area contributed by atoms with Gasteiger partial charge >= 0.3 is 40.9 Å². The molecule has 5 heterocycles. The van der Waals surface area contributed by atoms with E-state index in [1.165, 1.54) is 16.9 Å². The van der Waals surface area contributed by atoms with Crippen LogP contribution in [0.25, 0.3) is 84.0 Å². The molecule has 1 radical (unpaired) electrons. The van der Waals surface area contributed by atoms with Crippen LogP contribution in [0.2, 0.25) is 15.1 Å². The number of aromatic carboxylic acids is 4. The molecule has 0 atom stereocenters. The Morgan fingerprint density at radius 3 is 1.55 bits per heavy atom. The Morgan fingerprint density at radius 2 is 1.00 bits per heavy atom. The van der Waals surface area contributed by atoms with Crippen LogP contribution in [0.1, 0.15) is 78.9 Å². The fourth-order valence-electron chi connectivity index (χ4n) is 9.41. The molecule has 0 amide bonds. The number of hydrogen-bond donors (Lipinski definition) is 4. The van der Waals surface area contributed by atoms with Crippen LogP contribution < -0.4 is 29.0 Å². The van der Waals surface area contributed by atoms with Gasteiger partial charge in [-0.3, -0.25) is 0 Å². The molecule has 0 fully saturated rings. The molecule has 8 bridgehead atoms. The van der Waals surface area contributed by atoms with Gasteiger partial charge in [0.25, 0.3) is 5.69 Å². The molecule has 10 aromatic rings. The molecule has 7 aromatic carbocycles. The van der Waals surface area contributed by atoms with Crippen LogP contribution in [-0.2, 0) is 35.7 Å². The Kier molecular flexibility index (Phi) is 14.3. The minimum Gasteiger partial charge on any atom is -0.489 e. The summed E-state index contributed by atoms with van der Waals surface area (Å²) in [5, 5.41) is 50.2. The maximum absolute atomic E-state index is 11.9. The number of rotatable bonds is 12. The maximum atomic E-state index is 11.9. The smallest absolute Gasteiger partial charge is 0.489 e. The number of aromatic nitrogens is 9. The Morgan fingerprint density at radius 1 is 0.506 bits per heavy atom. The van der Waals surface area contributed by atoms with Gasteiger partial charge in [0.2, 0.25) is 0 Å². The Hall–Kier alpha value is -9.50. The Balaban J connectivity index is 0.00000721.